The van der Waals surface area contributed by atoms with Gasteiger partial charge in [-0.3, -0.25) is 9.59 Å². The van der Waals surface area contributed by atoms with Crippen molar-refractivity contribution in [2.45, 2.75) is 26.0 Å². The Morgan fingerprint density at radius 3 is 2.78 bits per heavy atom. The number of aryl methyl sites for hydroxylation is 2. The summed E-state index contributed by atoms with van der Waals surface area (Å²) in [6.07, 6.45) is 1.62. The molecule has 2 rings (SSSR count). The number of thioether (sulfide) groups is 1. The van der Waals surface area contributed by atoms with E-state index in [1.807, 2.05) is 13.0 Å². The van der Waals surface area contributed by atoms with E-state index < -0.39 is 5.25 Å². The average molecular weight is 334 g/mol. The third kappa shape index (κ3) is 5.10. The van der Waals surface area contributed by atoms with Crippen LogP contribution in [0.15, 0.2) is 28.9 Å². The number of hydrogen-bond acceptors (Lipinski definition) is 6. The van der Waals surface area contributed by atoms with E-state index >= 15 is 0 Å². The molecule has 0 saturated carbocycles. The Morgan fingerprint density at radius 1 is 1.35 bits per heavy atom. The zero-order valence-corrected chi connectivity index (χ0v) is 13.9. The third-order valence-electron chi connectivity index (χ3n) is 2.98. The first-order chi connectivity index (χ1) is 11.0. The largest absolute Gasteiger partial charge is 0.360 e. The van der Waals surface area contributed by atoms with Gasteiger partial charge in [-0.2, -0.15) is 0 Å². The Labute approximate surface area is 138 Å². The molecule has 0 aromatic carbocycles. The fourth-order valence-corrected chi connectivity index (χ4v) is 2.40. The van der Waals surface area contributed by atoms with Crippen molar-refractivity contribution in [3.8, 4) is 0 Å². The molecule has 2 N–H and O–H groups in total. The van der Waals surface area contributed by atoms with Gasteiger partial charge in [0, 0.05) is 12.3 Å². The van der Waals surface area contributed by atoms with E-state index in [4.69, 9.17) is 4.52 Å². The van der Waals surface area contributed by atoms with Crippen LogP contribution in [0.25, 0.3) is 0 Å². The highest BCUT2D eigenvalue weighted by Crippen LogP contribution is 2.15. The van der Waals surface area contributed by atoms with Crippen LogP contribution in [0, 0.1) is 13.8 Å². The minimum Gasteiger partial charge on any atom is -0.360 e. The van der Waals surface area contributed by atoms with Gasteiger partial charge >= 0.3 is 0 Å². The number of rotatable bonds is 6. The zero-order chi connectivity index (χ0) is 16.8. The first-order valence-electron chi connectivity index (χ1n) is 7.03. The van der Waals surface area contributed by atoms with Crippen LogP contribution < -0.4 is 10.6 Å². The van der Waals surface area contributed by atoms with Gasteiger partial charge in [0.25, 0.3) is 0 Å². The zero-order valence-electron chi connectivity index (χ0n) is 13.1. The van der Waals surface area contributed by atoms with Crippen LogP contribution in [0.3, 0.4) is 0 Å². The van der Waals surface area contributed by atoms with Crippen molar-refractivity contribution >= 4 is 35.2 Å². The lowest BCUT2D eigenvalue weighted by atomic mass is 10.3. The van der Waals surface area contributed by atoms with Crippen LogP contribution in [0.2, 0.25) is 0 Å². The molecular formula is C15H18N4O3S. The molecule has 0 saturated heterocycles. The van der Waals surface area contributed by atoms with Gasteiger partial charge in [-0.15, -0.1) is 11.8 Å². The van der Waals surface area contributed by atoms with Gasteiger partial charge in [-0.1, -0.05) is 11.2 Å². The number of pyridine rings is 1. The minimum absolute atomic E-state index is 0.155. The number of carbonyl (C=O) groups excluding carboxylic acids is 2. The lowest BCUT2D eigenvalue weighted by Crippen LogP contribution is -2.25. The summed E-state index contributed by atoms with van der Waals surface area (Å²) in [5.74, 6) is 1.24. The summed E-state index contributed by atoms with van der Waals surface area (Å²) in [5.41, 5.74) is 0.887. The first kappa shape index (κ1) is 17.0. The van der Waals surface area contributed by atoms with Gasteiger partial charge in [-0.25, -0.2) is 4.98 Å². The molecule has 2 aromatic heterocycles. The molecule has 2 amide bonds. The molecule has 8 heteroatoms. The van der Waals surface area contributed by atoms with Gasteiger partial charge in [0.05, 0.1) is 11.0 Å². The summed E-state index contributed by atoms with van der Waals surface area (Å²) in [5, 5.41) is 8.66. The molecule has 0 radical (unpaired) electrons. The average Bonchev–Trinajstić information content (AvgIpc) is 2.92. The standard InChI is InChI=1S/C15H18N4O3S/c1-9-5-4-6-16-14(9)18-13(20)8-23-11(3)15(21)17-12-7-10(2)22-19-12/h4-7,11H,8H2,1-3H3,(H,16,18,20)(H,17,19,21). The summed E-state index contributed by atoms with van der Waals surface area (Å²) in [6, 6.07) is 5.30. The van der Waals surface area contributed by atoms with Crippen molar-refractivity contribution in [1.82, 2.24) is 10.1 Å². The summed E-state index contributed by atoms with van der Waals surface area (Å²) in [6.45, 7) is 5.34. The van der Waals surface area contributed by atoms with Crippen molar-refractivity contribution in [3.63, 3.8) is 0 Å². The minimum atomic E-state index is -0.400. The topological polar surface area (TPSA) is 97.1 Å². The quantitative estimate of drug-likeness (QED) is 0.842. The summed E-state index contributed by atoms with van der Waals surface area (Å²) >= 11 is 1.23. The highest BCUT2D eigenvalue weighted by atomic mass is 32.2. The number of nitrogens with one attached hydrogen (secondary N) is 2. The number of hydrogen-bond donors (Lipinski definition) is 2. The molecule has 0 bridgehead atoms. The molecule has 0 fully saturated rings. The Hall–Kier alpha value is -2.35. The number of carbonyl (C=O) groups is 2. The summed E-state index contributed by atoms with van der Waals surface area (Å²) < 4.78 is 4.88. The second-order valence-electron chi connectivity index (χ2n) is 4.98. The highest BCUT2D eigenvalue weighted by molar-refractivity contribution is 8.01. The monoisotopic (exact) mass is 334 g/mol. The summed E-state index contributed by atoms with van der Waals surface area (Å²) in [7, 11) is 0. The Balaban J connectivity index is 1.79. The highest BCUT2D eigenvalue weighted by Gasteiger charge is 2.17. The smallest absolute Gasteiger partial charge is 0.238 e. The molecule has 7 nitrogen and oxygen atoms in total. The number of anilines is 2. The van der Waals surface area contributed by atoms with Gasteiger partial charge in [-0.05, 0) is 32.4 Å². The Morgan fingerprint density at radius 2 is 2.13 bits per heavy atom. The molecule has 122 valence electrons. The normalized spacial score (nSPS) is 11.8. The molecule has 1 atom stereocenters. The van der Waals surface area contributed by atoms with Crippen LogP contribution in [0.4, 0.5) is 11.6 Å². The molecule has 2 aromatic rings. The first-order valence-corrected chi connectivity index (χ1v) is 8.08. The van der Waals surface area contributed by atoms with E-state index in [2.05, 4.69) is 20.8 Å². The van der Waals surface area contributed by atoms with Gasteiger partial charge < -0.3 is 15.2 Å². The van der Waals surface area contributed by atoms with E-state index in [0.717, 1.165) is 5.56 Å². The van der Waals surface area contributed by atoms with Crippen molar-refractivity contribution in [3.05, 3.63) is 35.7 Å². The molecule has 0 aliphatic carbocycles. The van der Waals surface area contributed by atoms with Gasteiger partial charge in [0.2, 0.25) is 11.8 Å². The van der Waals surface area contributed by atoms with Crippen LogP contribution in [0.5, 0.6) is 0 Å². The second-order valence-corrected chi connectivity index (χ2v) is 6.31. The number of nitrogens with zero attached hydrogens (tertiary/aromatic N) is 2. The van der Waals surface area contributed by atoms with Crippen molar-refractivity contribution in [1.29, 1.82) is 0 Å². The molecule has 1 unspecified atom stereocenters. The molecule has 0 aliphatic heterocycles. The van der Waals surface area contributed by atoms with E-state index in [-0.39, 0.29) is 17.6 Å². The Kier molecular flexibility index (Phi) is 5.75. The number of amides is 2. The van der Waals surface area contributed by atoms with Crippen molar-refractivity contribution in [2.75, 3.05) is 16.4 Å². The van der Waals surface area contributed by atoms with Crippen LogP contribution in [0.1, 0.15) is 18.2 Å². The molecule has 23 heavy (non-hydrogen) atoms. The van der Waals surface area contributed by atoms with Gasteiger partial charge in [0.1, 0.15) is 11.6 Å². The van der Waals surface area contributed by atoms with Crippen molar-refractivity contribution < 1.29 is 14.1 Å². The molecule has 0 aliphatic rings. The van der Waals surface area contributed by atoms with E-state index in [9.17, 15) is 9.59 Å². The third-order valence-corrected chi connectivity index (χ3v) is 4.12. The maximum atomic E-state index is 12.0. The predicted octanol–water partition coefficient (Wildman–Crippen LogP) is 2.39. The molecule has 0 spiro atoms. The molecular weight excluding hydrogens is 316 g/mol. The molecule has 2 heterocycles. The summed E-state index contributed by atoms with van der Waals surface area (Å²) in [4.78, 5) is 28.0. The SMILES string of the molecule is Cc1cc(NC(=O)C(C)SCC(=O)Nc2ncccc2C)no1. The van der Waals surface area contributed by atoms with E-state index in [1.165, 1.54) is 11.8 Å². The predicted molar refractivity (Wildman–Crippen MR) is 89.4 cm³/mol. The Bertz CT molecular complexity index is 702. The fraction of sp³-hybridized carbons (Fsp3) is 0.333. The van der Waals surface area contributed by atoms with Crippen molar-refractivity contribution in [2.24, 2.45) is 0 Å². The lowest BCUT2D eigenvalue weighted by molar-refractivity contribution is -0.115. The van der Waals surface area contributed by atoms with Gasteiger partial charge in [0.15, 0.2) is 5.82 Å². The van der Waals surface area contributed by atoms with E-state index in [1.54, 1.807) is 32.2 Å². The van der Waals surface area contributed by atoms with Crippen LogP contribution in [-0.2, 0) is 9.59 Å². The van der Waals surface area contributed by atoms with E-state index in [0.29, 0.717) is 17.4 Å². The maximum Gasteiger partial charge on any atom is 0.238 e. The second kappa shape index (κ2) is 7.77. The fourth-order valence-electron chi connectivity index (χ4n) is 1.71. The number of aromatic nitrogens is 2. The van der Waals surface area contributed by atoms with Crippen LogP contribution >= 0.6 is 11.8 Å². The lowest BCUT2D eigenvalue weighted by Gasteiger charge is -2.11. The maximum absolute atomic E-state index is 12.0. The van der Waals surface area contributed by atoms with Crippen LogP contribution in [-0.4, -0.2) is 33.0 Å².